The van der Waals surface area contributed by atoms with Crippen LogP contribution in [0, 0.1) is 5.92 Å². The summed E-state index contributed by atoms with van der Waals surface area (Å²) >= 11 is 0. The third-order valence-electron chi connectivity index (χ3n) is 6.56. The van der Waals surface area contributed by atoms with Gasteiger partial charge in [-0.05, 0) is 57.1 Å². The minimum absolute atomic E-state index is 0.00253. The molecule has 0 aromatic carbocycles. The number of nitrogens with zero attached hydrogens (tertiary/aromatic N) is 4. The maximum absolute atomic E-state index is 12.8. The Bertz CT molecular complexity index is 1310. The number of pyridine rings is 1. The van der Waals surface area contributed by atoms with Crippen LogP contribution in [0.3, 0.4) is 0 Å². The van der Waals surface area contributed by atoms with Crippen LogP contribution in [0.25, 0.3) is 5.52 Å². The van der Waals surface area contributed by atoms with E-state index in [1.54, 1.807) is 10.9 Å². The van der Waals surface area contributed by atoms with Crippen molar-refractivity contribution < 1.29 is 32.2 Å². The molecule has 2 aliphatic rings. The van der Waals surface area contributed by atoms with E-state index in [-0.39, 0.29) is 29.7 Å². The van der Waals surface area contributed by atoms with E-state index in [1.165, 1.54) is 29.0 Å². The normalized spacial score (nSPS) is 20.3. The van der Waals surface area contributed by atoms with Gasteiger partial charge in [0.25, 0.3) is 11.8 Å². The van der Waals surface area contributed by atoms with Gasteiger partial charge in [0, 0.05) is 12.2 Å². The number of ether oxygens (including phenoxy) is 2. The topological polar surface area (TPSA) is 126 Å². The number of alkyl halides is 3. The van der Waals surface area contributed by atoms with E-state index in [1.807, 2.05) is 6.92 Å². The maximum atomic E-state index is 12.8. The molecule has 2 saturated carbocycles. The van der Waals surface area contributed by atoms with Gasteiger partial charge in [0.1, 0.15) is 17.4 Å². The maximum Gasteiger partial charge on any atom is 0.422 e. The molecule has 3 heterocycles. The van der Waals surface area contributed by atoms with Crippen molar-refractivity contribution in [2.75, 3.05) is 6.61 Å². The van der Waals surface area contributed by atoms with Crippen molar-refractivity contribution in [2.24, 2.45) is 11.7 Å². The third-order valence-corrected chi connectivity index (χ3v) is 6.56. The zero-order valence-electron chi connectivity index (χ0n) is 20.1. The first-order chi connectivity index (χ1) is 17.6. The summed E-state index contributed by atoms with van der Waals surface area (Å²) in [6, 6.07) is 3.05. The summed E-state index contributed by atoms with van der Waals surface area (Å²) in [6.07, 6.45) is 4.14. The van der Waals surface area contributed by atoms with Crippen LogP contribution in [-0.4, -0.2) is 56.1 Å². The van der Waals surface area contributed by atoms with Crippen molar-refractivity contribution in [2.45, 2.75) is 63.4 Å². The van der Waals surface area contributed by atoms with Crippen LogP contribution < -0.4 is 20.5 Å². The number of fused-ring (bicyclic) bond motifs is 1. The molecule has 2 amide bonds. The summed E-state index contributed by atoms with van der Waals surface area (Å²) in [5, 5.41) is 11.4. The number of carbonyl (C=O) groups excluding carboxylic acids is 2. The Labute approximate surface area is 209 Å². The highest BCUT2D eigenvalue weighted by atomic mass is 19.4. The Kier molecular flexibility index (Phi) is 6.46. The predicted molar refractivity (Wildman–Crippen MR) is 124 cm³/mol. The van der Waals surface area contributed by atoms with Crippen molar-refractivity contribution in [3.05, 3.63) is 41.9 Å². The summed E-state index contributed by atoms with van der Waals surface area (Å²) < 4.78 is 50.9. The lowest BCUT2D eigenvalue weighted by molar-refractivity contribution is -0.153. The molecule has 3 aromatic rings. The lowest BCUT2D eigenvalue weighted by Gasteiger charge is -2.36. The fraction of sp³-hybridized carbons (Fsp3) is 0.500. The fourth-order valence-corrected chi connectivity index (χ4v) is 4.53. The third kappa shape index (κ3) is 5.81. The molecule has 0 radical (unpaired) electrons. The number of rotatable bonds is 10. The molecule has 3 N–H and O–H groups in total. The Morgan fingerprint density at radius 3 is 2.65 bits per heavy atom. The monoisotopic (exact) mass is 520 g/mol. The first kappa shape index (κ1) is 24.9. The van der Waals surface area contributed by atoms with Crippen LogP contribution in [-0.2, 0) is 0 Å². The molecule has 13 heteroatoms. The zero-order chi connectivity index (χ0) is 26.3. The number of aromatic nitrogens is 4. The SMILES string of the molecule is C[C@@H](CC1CC(Oc2nn(C3CC3)cc2C(N)=O)C1)NC(=O)c1cnn2cc(OCC(F)(F)F)ccc12. The highest BCUT2D eigenvalue weighted by Gasteiger charge is 2.35. The predicted octanol–water partition coefficient (Wildman–Crippen LogP) is 3.27. The molecule has 5 rings (SSSR count). The van der Waals surface area contributed by atoms with Crippen LogP contribution >= 0.6 is 0 Å². The molecular weight excluding hydrogens is 493 g/mol. The second-order valence-corrected chi connectivity index (χ2v) is 9.77. The van der Waals surface area contributed by atoms with Crippen molar-refractivity contribution in [1.82, 2.24) is 24.7 Å². The Hall–Kier alpha value is -3.77. The van der Waals surface area contributed by atoms with Gasteiger partial charge in [-0.2, -0.15) is 18.3 Å². The van der Waals surface area contributed by atoms with Crippen LogP contribution in [0.2, 0.25) is 0 Å². The molecule has 1 atom stereocenters. The average molecular weight is 521 g/mol. The van der Waals surface area contributed by atoms with E-state index >= 15 is 0 Å². The molecule has 2 aliphatic carbocycles. The van der Waals surface area contributed by atoms with E-state index in [0.29, 0.717) is 28.6 Å². The number of nitrogens with one attached hydrogen (secondary N) is 1. The van der Waals surface area contributed by atoms with Crippen molar-refractivity contribution in [1.29, 1.82) is 0 Å². The average Bonchev–Trinajstić information content (AvgIpc) is 3.42. The second kappa shape index (κ2) is 9.60. The van der Waals surface area contributed by atoms with E-state index in [4.69, 9.17) is 15.2 Å². The standard InChI is InChI=1S/C24H27F3N6O4/c1-13(6-14-7-17(8-14)37-23-19(21(28)34)11-32(31-23)15-2-3-15)30-22(35)18-9-29-33-10-16(4-5-20(18)33)36-12-24(25,26)27/h4-5,9-11,13-15,17H,2-3,6-8,12H2,1H3,(H2,28,34)(H,30,35)/t13-,14?,17?/m0/s1. The van der Waals surface area contributed by atoms with Crippen LogP contribution in [0.15, 0.2) is 30.7 Å². The quantitative estimate of drug-likeness (QED) is 0.423. The molecule has 3 aromatic heterocycles. The molecular formula is C24H27F3N6O4. The molecule has 0 saturated heterocycles. The number of nitrogens with two attached hydrogens (primary N) is 1. The second-order valence-electron chi connectivity index (χ2n) is 9.77. The van der Waals surface area contributed by atoms with E-state index in [0.717, 1.165) is 32.1 Å². The molecule has 0 aliphatic heterocycles. The van der Waals surface area contributed by atoms with Gasteiger partial charge in [-0.3, -0.25) is 14.3 Å². The number of halogens is 3. The Morgan fingerprint density at radius 1 is 1.22 bits per heavy atom. The van der Waals surface area contributed by atoms with E-state index < -0.39 is 18.7 Å². The zero-order valence-corrected chi connectivity index (χ0v) is 20.1. The summed E-state index contributed by atoms with van der Waals surface area (Å²) in [5.74, 6) is -0.274. The van der Waals surface area contributed by atoms with Gasteiger partial charge in [0.2, 0.25) is 5.88 Å². The van der Waals surface area contributed by atoms with Gasteiger partial charge in [-0.15, -0.1) is 5.10 Å². The van der Waals surface area contributed by atoms with Gasteiger partial charge >= 0.3 is 6.18 Å². The van der Waals surface area contributed by atoms with Crippen LogP contribution in [0.5, 0.6) is 11.6 Å². The first-order valence-electron chi connectivity index (χ1n) is 12.1. The lowest BCUT2D eigenvalue weighted by Crippen LogP contribution is -2.40. The van der Waals surface area contributed by atoms with Gasteiger partial charge < -0.3 is 20.5 Å². The summed E-state index contributed by atoms with van der Waals surface area (Å²) in [4.78, 5) is 24.5. The number of carbonyl (C=O) groups is 2. The lowest BCUT2D eigenvalue weighted by atomic mass is 9.78. The molecule has 0 spiro atoms. The van der Waals surface area contributed by atoms with Crippen molar-refractivity contribution >= 4 is 17.3 Å². The first-order valence-corrected chi connectivity index (χ1v) is 12.1. The number of primary amides is 1. The molecule has 198 valence electrons. The largest absolute Gasteiger partial charge is 0.483 e. The molecule has 2 fully saturated rings. The van der Waals surface area contributed by atoms with Crippen LogP contribution in [0.4, 0.5) is 13.2 Å². The van der Waals surface area contributed by atoms with Crippen molar-refractivity contribution in [3.63, 3.8) is 0 Å². The highest BCUT2D eigenvalue weighted by molar-refractivity contribution is 6.00. The molecule has 10 nitrogen and oxygen atoms in total. The molecule has 37 heavy (non-hydrogen) atoms. The molecule has 0 bridgehead atoms. The van der Waals surface area contributed by atoms with Crippen LogP contribution in [0.1, 0.15) is 65.8 Å². The minimum Gasteiger partial charge on any atom is -0.483 e. The number of hydrogen-bond acceptors (Lipinski definition) is 6. The highest BCUT2D eigenvalue weighted by Crippen LogP contribution is 2.38. The van der Waals surface area contributed by atoms with Gasteiger partial charge in [0.15, 0.2) is 6.61 Å². The smallest absolute Gasteiger partial charge is 0.422 e. The summed E-state index contributed by atoms with van der Waals surface area (Å²) in [7, 11) is 0. The van der Waals surface area contributed by atoms with Crippen molar-refractivity contribution in [3.8, 4) is 11.6 Å². The Morgan fingerprint density at radius 2 is 1.97 bits per heavy atom. The summed E-state index contributed by atoms with van der Waals surface area (Å²) in [6.45, 7) is 0.497. The summed E-state index contributed by atoms with van der Waals surface area (Å²) in [5.41, 5.74) is 6.53. The van der Waals surface area contributed by atoms with E-state index in [2.05, 4.69) is 15.5 Å². The fourth-order valence-electron chi connectivity index (χ4n) is 4.53. The number of hydrogen-bond donors (Lipinski definition) is 2. The van der Waals surface area contributed by atoms with Gasteiger partial charge in [-0.25, -0.2) is 4.52 Å². The number of amides is 2. The van der Waals surface area contributed by atoms with Gasteiger partial charge in [-0.1, -0.05) is 0 Å². The molecule has 0 unspecified atom stereocenters. The Balaban J connectivity index is 1.11. The minimum atomic E-state index is -4.45. The van der Waals surface area contributed by atoms with E-state index in [9.17, 15) is 22.8 Å². The van der Waals surface area contributed by atoms with Gasteiger partial charge in [0.05, 0.1) is 29.5 Å².